The summed E-state index contributed by atoms with van der Waals surface area (Å²) in [4.78, 5) is 27.5. The number of pyridine rings is 1. The molecule has 0 spiro atoms. The molecule has 0 radical (unpaired) electrons. The van der Waals surface area contributed by atoms with Crippen LogP contribution in [0.15, 0.2) is 42.7 Å². The molecule has 0 unspecified atom stereocenters. The second kappa shape index (κ2) is 5.44. The Labute approximate surface area is 111 Å². The van der Waals surface area contributed by atoms with Crippen molar-refractivity contribution in [1.29, 1.82) is 0 Å². The van der Waals surface area contributed by atoms with E-state index in [0.29, 0.717) is 16.8 Å². The predicted molar refractivity (Wildman–Crippen MR) is 73.4 cm³/mol. The molecule has 1 aromatic heterocycles. The van der Waals surface area contributed by atoms with Crippen LogP contribution in [0.3, 0.4) is 0 Å². The Morgan fingerprint density at radius 3 is 2.42 bits per heavy atom. The highest BCUT2D eigenvalue weighted by Gasteiger charge is 2.11. The molecule has 19 heavy (non-hydrogen) atoms. The normalized spacial score (nSPS) is 10.0. The number of nitrogens with one attached hydrogen (secondary N) is 1. The van der Waals surface area contributed by atoms with Crippen LogP contribution in [0, 0.1) is 6.92 Å². The van der Waals surface area contributed by atoms with Crippen molar-refractivity contribution in [2.45, 2.75) is 13.8 Å². The van der Waals surface area contributed by atoms with Gasteiger partial charge in [-0.3, -0.25) is 14.6 Å². The van der Waals surface area contributed by atoms with Crippen molar-refractivity contribution < 1.29 is 9.59 Å². The van der Waals surface area contributed by atoms with Gasteiger partial charge in [0.15, 0.2) is 5.78 Å². The van der Waals surface area contributed by atoms with Crippen molar-refractivity contribution in [3.8, 4) is 0 Å². The lowest BCUT2D eigenvalue weighted by Gasteiger charge is -2.10. The molecule has 0 saturated heterocycles. The third-order valence-electron chi connectivity index (χ3n) is 2.75. The van der Waals surface area contributed by atoms with Gasteiger partial charge < -0.3 is 5.32 Å². The SMILES string of the molecule is CC(=O)c1cc(C)ccc1NC(=O)c1ccncc1. The number of aromatic nitrogens is 1. The molecule has 1 aromatic carbocycles. The van der Waals surface area contributed by atoms with Gasteiger partial charge >= 0.3 is 0 Å². The van der Waals surface area contributed by atoms with Crippen LogP contribution in [0.2, 0.25) is 0 Å². The average Bonchev–Trinajstić information content (AvgIpc) is 2.41. The van der Waals surface area contributed by atoms with Crippen LogP contribution in [-0.4, -0.2) is 16.7 Å². The lowest BCUT2D eigenvalue weighted by Crippen LogP contribution is -2.14. The van der Waals surface area contributed by atoms with Gasteiger partial charge in [-0.1, -0.05) is 11.6 Å². The van der Waals surface area contributed by atoms with Crippen molar-refractivity contribution >= 4 is 17.4 Å². The highest BCUT2D eigenvalue weighted by molar-refractivity contribution is 6.09. The van der Waals surface area contributed by atoms with Crippen LogP contribution in [0.4, 0.5) is 5.69 Å². The number of benzene rings is 1. The number of Topliss-reactive ketones (excluding diaryl/α,β-unsaturated/α-hetero) is 1. The lowest BCUT2D eigenvalue weighted by molar-refractivity contribution is 0.101. The van der Waals surface area contributed by atoms with Gasteiger partial charge in [0.05, 0.1) is 5.69 Å². The van der Waals surface area contributed by atoms with E-state index in [1.165, 1.54) is 6.92 Å². The molecular formula is C15H14N2O2. The first-order valence-corrected chi connectivity index (χ1v) is 5.91. The quantitative estimate of drug-likeness (QED) is 0.857. The predicted octanol–water partition coefficient (Wildman–Crippen LogP) is 2.84. The monoisotopic (exact) mass is 254 g/mol. The zero-order chi connectivity index (χ0) is 13.8. The van der Waals surface area contributed by atoms with Crippen molar-refractivity contribution in [2.24, 2.45) is 0 Å². The minimum absolute atomic E-state index is 0.0753. The van der Waals surface area contributed by atoms with E-state index in [1.54, 1.807) is 36.7 Å². The van der Waals surface area contributed by atoms with Gasteiger partial charge in [-0.15, -0.1) is 0 Å². The molecule has 0 atom stereocenters. The Morgan fingerprint density at radius 2 is 1.79 bits per heavy atom. The van der Waals surface area contributed by atoms with Crippen molar-refractivity contribution in [3.63, 3.8) is 0 Å². The number of amides is 1. The number of carbonyl (C=O) groups excluding carboxylic acids is 2. The zero-order valence-corrected chi connectivity index (χ0v) is 10.8. The Bertz CT molecular complexity index is 621. The largest absolute Gasteiger partial charge is 0.321 e. The van der Waals surface area contributed by atoms with E-state index in [-0.39, 0.29) is 11.7 Å². The average molecular weight is 254 g/mol. The summed E-state index contributed by atoms with van der Waals surface area (Å²) < 4.78 is 0. The minimum atomic E-state index is -0.256. The number of aryl methyl sites for hydroxylation is 1. The third kappa shape index (κ3) is 3.04. The van der Waals surface area contributed by atoms with Gasteiger partial charge in [0, 0.05) is 23.5 Å². The summed E-state index contributed by atoms with van der Waals surface area (Å²) in [7, 11) is 0. The maximum Gasteiger partial charge on any atom is 0.255 e. The molecule has 1 N–H and O–H groups in total. The topological polar surface area (TPSA) is 59.1 Å². The highest BCUT2D eigenvalue weighted by atomic mass is 16.1. The van der Waals surface area contributed by atoms with Gasteiger partial charge in [0.25, 0.3) is 5.91 Å². The molecule has 2 rings (SSSR count). The second-order valence-electron chi connectivity index (χ2n) is 4.30. The molecule has 0 bridgehead atoms. The molecule has 4 heteroatoms. The zero-order valence-electron chi connectivity index (χ0n) is 10.8. The van der Waals surface area contributed by atoms with Crippen molar-refractivity contribution in [3.05, 3.63) is 59.4 Å². The number of carbonyl (C=O) groups is 2. The first kappa shape index (κ1) is 13.0. The molecule has 4 nitrogen and oxygen atoms in total. The van der Waals surface area contributed by atoms with Crippen molar-refractivity contribution in [2.75, 3.05) is 5.32 Å². The number of ketones is 1. The Kier molecular flexibility index (Phi) is 3.71. The number of hydrogen-bond donors (Lipinski definition) is 1. The Morgan fingerprint density at radius 1 is 1.11 bits per heavy atom. The smallest absolute Gasteiger partial charge is 0.255 e. The van der Waals surface area contributed by atoms with Gasteiger partial charge in [0.1, 0.15) is 0 Å². The number of rotatable bonds is 3. The van der Waals surface area contributed by atoms with Crippen molar-refractivity contribution in [1.82, 2.24) is 4.98 Å². The summed E-state index contributed by atoms with van der Waals surface area (Å²) in [5.74, 6) is -0.331. The number of nitrogens with zero attached hydrogens (tertiary/aromatic N) is 1. The second-order valence-corrected chi connectivity index (χ2v) is 4.30. The van der Waals surface area contributed by atoms with Crippen LogP contribution in [-0.2, 0) is 0 Å². The molecule has 0 aliphatic heterocycles. The van der Waals surface area contributed by atoms with E-state index in [4.69, 9.17) is 0 Å². The lowest BCUT2D eigenvalue weighted by atomic mass is 10.1. The highest BCUT2D eigenvalue weighted by Crippen LogP contribution is 2.18. The summed E-state index contributed by atoms with van der Waals surface area (Å²) in [6.07, 6.45) is 3.10. The molecule has 0 aliphatic carbocycles. The van der Waals surface area contributed by atoms with Gasteiger partial charge in [-0.25, -0.2) is 0 Å². The first-order valence-electron chi connectivity index (χ1n) is 5.91. The van der Waals surface area contributed by atoms with Gasteiger partial charge in [-0.2, -0.15) is 0 Å². The number of hydrogen-bond acceptors (Lipinski definition) is 3. The standard InChI is InChI=1S/C15H14N2O2/c1-10-3-4-14(13(9-10)11(2)18)17-15(19)12-5-7-16-8-6-12/h3-9H,1-2H3,(H,17,19). The van der Waals surface area contributed by atoms with E-state index in [9.17, 15) is 9.59 Å². The molecule has 0 saturated carbocycles. The molecular weight excluding hydrogens is 240 g/mol. The molecule has 1 heterocycles. The first-order chi connectivity index (χ1) is 9.08. The summed E-state index contributed by atoms with van der Waals surface area (Å²) >= 11 is 0. The maximum atomic E-state index is 12.0. The molecule has 1 amide bonds. The molecule has 96 valence electrons. The van der Waals surface area contributed by atoms with Crippen LogP contribution >= 0.6 is 0 Å². The van der Waals surface area contributed by atoms with E-state index < -0.39 is 0 Å². The molecule has 2 aromatic rings. The Hall–Kier alpha value is -2.49. The van der Waals surface area contributed by atoms with Crippen LogP contribution in [0.25, 0.3) is 0 Å². The maximum absolute atomic E-state index is 12.0. The van der Waals surface area contributed by atoms with E-state index >= 15 is 0 Å². The summed E-state index contributed by atoms with van der Waals surface area (Å²) in [6.45, 7) is 3.39. The third-order valence-corrected chi connectivity index (χ3v) is 2.75. The fraction of sp³-hybridized carbons (Fsp3) is 0.133. The van der Waals surface area contributed by atoms with Crippen LogP contribution in [0.5, 0.6) is 0 Å². The van der Waals surface area contributed by atoms with Crippen LogP contribution < -0.4 is 5.32 Å². The fourth-order valence-corrected chi connectivity index (χ4v) is 1.76. The summed E-state index contributed by atoms with van der Waals surface area (Å²) in [5.41, 5.74) is 2.53. The van der Waals surface area contributed by atoms with Gasteiger partial charge in [0.2, 0.25) is 0 Å². The fourth-order valence-electron chi connectivity index (χ4n) is 1.76. The minimum Gasteiger partial charge on any atom is -0.321 e. The molecule has 0 fully saturated rings. The molecule has 0 aliphatic rings. The summed E-state index contributed by atoms with van der Waals surface area (Å²) in [6, 6.07) is 8.61. The van der Waals surface area contributed by atoms with E-state index in [0.717, 1.165) is 5.56 Å². The van der Waals surface area contributed by atoms with E-state index in [2.05, 4.69) is 10.3 Å². The Balaban J connectivity index is 2.29. The van der Waals surface area contributed by atoms with Crippen LogP contribution in [0.1, 0.15) is 33.2 Å². The van der Waals surface area contributed by atoms with E-state index in [1.807, 2.05) is 13.0 Å². The summed E-state index contributed by atoms with van der Waals surface area (Å²) in [5, 5.41) is 2.75. The number of anilines is 1. The van der Waals surface area contributed by atoms with Gasteiger partial charge in [-0.05, 0) is 38.1 Å².